The molecule has 0 bridgehead atoms. The van der Waals surface area contributed by atoms with Crippen molar-refractivity contribution in [3.05, 3.63) is 112 Å². The number of pyridine rings is 1. The highest BCUT2D eigenvalue weighted by molar-refractivity contribution is 6.32. The van der Waals surface area contributed by atoms with E-state index in [1.54, 1.807) is 36.5 Å². The lowest BCUT2D eigenvalue weighted by molar-refractivity contribution is -0.142. The van der Waals surface area contributed by atoms with Gasteiger partial charge in [0.15, 0.2) is 0 Å². The minimum absolute atomic E-state index is 0.0337. The van der Waals surface area contributed by atoms with Crippen LogP contribution in [-0.4, -0.2) is 33.3 Å². The topological polar surface area (TPSA) is 125 Å². The molecule has 10 heteroatoms. The van der Waals surface area contributed by atoms with E-state index in [1.165, 1.54) is 19.2 Å². The third-order valence-electron chi connectivity index (χ3n) is 7.34. The molecule has 3 aromatic carbocycles. The van der Waals surface area contributed by atoms with Crippen LogP contribution in [0, 0.1) is 17.1 Å². The van der Waals surface area contributed by atoms with Crippen molar-refractivity contribution >= 4 is 17.6 Å². The summed E-state index contributed by atoms with van der Waals surface area (Å²) in [7, 11) is 0. The molecular formula is C33H29ClFN3O5. The van der Waals surface area contributed by atoms with Crippen molar-refractivity contribution in [2.45, 2.75) is 51.2 Å². The Hall–Kier alpha value is -4.49. The molecule has 4 aromatic rings. The van der Waals surface area contributed by atoms with Gasteiger partial charge in [-0.1, -0.05) is 48.0 Å². The van der Waals surface area contributed by atoms with E-state index < -0.39 is 18.1 Å². The van der Waals surface area contributed by atoms with E-state index in [0.717, 1.165) is 16.7 Å². The van der Waals surface area contributed by atoms with E-state index in [1.807, 2.05) is 30.3 Å². The maximum absolute atomic E-state index is 14.6. The molecule has 1 unspecified atom stereocenters. The Kier molecular flexibility index (Phi) is 9.22. The van der Waals surface area contributed by atoms with Gasteiger partial charge in [0, 0.05) is 41.7 Å². The Balaban J connectivity index is 1.43. The number of aliphatic hydroxyl groups is 1. The van der Waals surface area contributed by atoms with Gasteiger partial charge in [0.25, 0.3) is 0 Å². The first-order valence-electron chi connectivity index (χ1n) is 13.7. The van der Waals surface area contributed by atoms with Crippen molar-refractivity contribution in [1.29, 1.82) is 5.26 Å². The third kappa shape index (κ3) is 6.78. The van der Waals surface area contributed by atoms with Crippen LogP contribution in [0.15, 0.2) is 73.1 Å². The van der Waals surface area contributed by atoms with Crippen LogP contribution in [0.5, 0.6) is 11.5 Å². The molecule has 1 aliphatic carbocycles. The zero-order chi connectivity index (χ0) is 30.5. The SMILES string of the molecule is CC(O)[C@@H](NCc1cc(Cl)c(O[C@H]2CCc3c(-c4ccccc4F)cccc32)cc1OCc1cncc(C#N)c1)C(=O)O. The van der Waals surface area contributed by atoms with Gasteiger partial charge in [0.05, 0.1) is 16.7 Å². The summed E-state index contributed by atoms with van der Waals surface area (Å²) in [5.41, 5.74) is 4.93. The van der Waals surface area contributed by atoms with Gasteiger partial charge in [0.1, 0.15) is 42.1 Å². The minimum Gasteiger partial charge on any atom is -0.488 e. The number of hydrogen-bond donors (Lipinski definition) is 3. The Labute approximate surface area is 253 Å². The summed E-state index contributed by atoms with van der Waals surface area (Å²) < 4.78 is 27.2. The van der Waals surface area contributed by atoms with Gasteiger partial charge >= 0.3 is 5.97 Å². The molecule has 0 saturated carbocycles. The molecule has 0 amide bonds. The van der Waals surface area contributed by atoms with E-state index in [0.29, 0.717) is 51.6 Å². The smallest absolute Gasteiger partial charge is 0.323 e. The number of benzene rings is 3. The van der Waals surface area contributed by atoms with Gasteiger partial charge < -0.3 is 19.7 Å². The molecule has 1 heterocycles. The van der Waals surface area contributed by atoms with Crippen LogP contribution in [0.1, 0.15) is 47.3 Å². The number of aromatic nitrogens is 1. The van der Waals surface area contributed by atoms with Gasteiger partial charge in [-0.05, 0) is 54.7 Å². The van der Waals surface area contributed by atoms with Crippen molar-refractivity contribution in [1.82, 2.24) is 10.3 Å². The van der Waals surface area contributed by atoms with Crippen molar-refractivity contribution in [2.75, 3.05) is 0 Å². The largest absolute Gasteiger partial charge is 0.488 e. The fraction of sp³-hybridized carbons (Fsp3) is 0.242. The van der Waals surface area contributed by atoms with Crippen LogP contribution in [0.25, 0.3) is 11.1 Å². The molecule has 0 fully saturated rings. The van der Waals surface area contributed by atoms with Crippen LogP contribution in [-0.2, 0) is 24.4 Å². The molecule has 1 aromatic heterocycles. The second-order valence-electron chi connectivity index (χ2n) is 10.3. The van der Waals surface area contributed by atoms with Crippen LogP contribution in [0.4, 0.5) is 4.39 Å². The lowest BCUT2D eigenvalue weighted by Gasteiger charge is -2.21. The summed E-state index contributed by atoms with van der Waals surface area (Å²) >= 11 is 6.68. The van der Waals surface area contributed by atoms with Gasteiger partial charge in [-0.2, -0.15) is 5.26 Å². The molecule has 0 radical (unpaired) electrons. The van der Waals surface area contributed by atoms with E-state index >= 15 is 0 Å². The zero-order valence-electron chi connectivity index (χ0n) is 23.3. The summed E-state index contributed by atoms with van der Waals surface area (Å²) in [4.78, 5) is 15.7. The highest BCUT2D eigenvalue weighted by Gasteiger charge is 2.29. The van der Waals surface area contributed by atoms with Gasteiger partial charge in [-0.15, -0.1) is 0 Å². The average Bonchev–Trinajstić information content (AvgIpc) is 3.40. The number of carboxylic acids is 1. The fourth-order valence-electron chi connectivity index (χ4n) is 5.24. The predicted octanol–water partition coefficient (Wildman–Crippen LogP) is 5.98. The number of rotatable bonds is 11. The Bertz CT molecular complexity index is 1690. The third-order valence-corrected chi connectivity index (χ3v) is 7.64. The number of carboxylic acid groups (broad SMARTS) is 1. The monoisotopic (exact) mass is 601 g/mol. The fourth-order valence-corrected chi connectivity index (χ4v) is 5.47. The maximum atomic E-state index is 14.6. The quantitative estimate of drug-likeness (QED) is 0.192. The number of aliphatic hydroxyl groups excluding tert-OH is 1. The number of nitriles is 1. The number of nitrogens with one attached hydrogen (secondary N) is 1. The van der Waals surface area contributed by atoms with Crippen molar-refractivity contribution in [3.8, 4) is 28.7 Å². The maximum Gasteiger partial charge on any atom is 0.323 e. The van der Waals surface area contributed by atoms with Crippen LogP contribution in [0.2, 0.25) is 5.02 Å². The first-order chi connectivity index (χ1) is 20.7. The molecule has 1 aliphatic rings. The van der Waals surface area contributed by atoms with Crippen LogP contribution < -0.4 is 14.8 Å². The Morgan fingerprint density at radius 1 is 1.16 bits per heavy atom. The molecule has 5 rings (SSSR count). The normalized spacial score (nSPS) is 15.3. The predicted molar refractivity (Wildman–Crippen MR) is 158 cm³/mol. The summed E-state index contributed by atoms with van der Waals surface area (Å²) in [5, 5.41) is 31.7. The van der Waals surface area contributed by atoms with Crippen molar-refractivity contribution < 1.29 is 28.9 Å². The van der Waals surface area contributed by atoms with Gasteiger partial charge in [-0.25, -0.2) is 4.39 Å². The first kappa shape index (κ1) is 30.0. The molecule has 43 heavy (non-hydrogen) atoms. The van der Waals surface area contributed by atoms with Crippen molar-refractivity contribution in [3.63, 3.8) is 0 Å². The van der Waals surface area contributed by atoms with Crippen LogP contribution >= 0.6 is 11.6 Å². The van der Waals surface area contributed by atoms with Crippen LogP contribution in [0.3, 0.4) is 0 Å². The Morgan fingerprint density at radius 3 is 2.70 bits per heavy atom. The molecular weight excluding hydrogens is 573 g/mol. The number of carbonyl (C=O) groups is 1. The number of hydrogen-bond acceptors (Lipinski definition) is 7. The van der Waals surface area contributed by atoms with Gasteiger partial charge in [0.2, 0.25) is 0 Å². The lowest BCUT2D eigenvalue weighted by Crippen LogP contribution is -2.44. The number of ether oxygens (including phenoxy) is 2. The molecule has 0 spiro atoms. The summed E-state index contributed by atoms with van der Waals surface area (Å²) in [6.45, 7) is 1.50. The van der Waals surface area contributed by atoms with E-state index in [-0.39, 0.29) is 25.1 Å². The van der Waals surface area contributed by atoms with Gasteiger partial charge in [-0.3, -0.25) is 15.1 Å². The lowest BCUT2D eigenvalue weighted by atomic mass is 9.96. The second-order valence-corrected chi connectivity index (χ2v) is 10.7. The number of fused-ring (bicyclic) bond motifs is 1. The molecule has 3 N–H and O–H groups in total. The van der Waals surface area contributed by atoms with Crippen molar-refractivity contribution in [2.24, 2.45) is 0 Å². The highest BCUT2D eigenvalue weighted by Crippen LogP contribution is 2.43. The highest BCUT2D eigenvalue weighted by atomic mass is 35.5. The standard InChI is InChI=1S/C33H29ClFN3O5/c1-19(39)32(33(40)41)38-17-22-12-27(34)31(13-30(22)42-18-21-11-20(14-36)15-37-16-21)43-29-10-9-24-23(6-4-7-26(24)29)25-5-2-3-8-28(25)35/h2-8,11-13,15-16,19,29,32,38-39H,9-10,17-18H2,1H3,(H,40,41)/t19?,29-,32+/m0/s1. The molecule has 0 saturated heterocycles. The molecule has 0 aliphatic heterocycles. The summed E-state index contributed by atoms with van der Waals surface area (Å²) in [6, 6.07) is 18.2. The van der Waals surface area contributed by atoms with E-state index in [2.05, 4.69) is 10.3 Å². The number of nitrogens with zero attached hydrogens (tertiary/aromatic N) is 2. The van der Waals surface area contributed by atoms with E-state index in [9.17, 15) is 24.7 Å². The second kappa shape index (κ2) is 13.2. The average molecular weight is 602 g/mol. The molecule has 220 valence electrons. The molecule has 8 nitrogen and oxygen atoms in total. The zero-order valence-corrected chi connectivity index (χ0v) is 24.0. The summed E-state index contributed by atoms with van der Waals surface area (Å²) in [6.07, 6.45) is 2.92. The minimum atomic E-state index is -1.21. The summed E-state index contributed by atoms with van der Waals surface area (Å²) in [5.74, 6) is -0.741. The molecule has 3 atom stereocenters. The number of aliphatic carboxylic acids is 1. The number of halogens is 2. The first-order valence-corrected chi connectivity index (χ1v) is 14.1. The van der Waals surface area contributed by atoms with E-state index in [4.69, 9.17) is 21.1 Å². The Morgan fingerprint density at radius 2 is 1.95 bits per heavy atom.